The summed E-state index contributed by atoms with van der Waals surface area (Å²) in [5.41, 5.74) is 0. The second-order valence-electron chi connectivity index (χ2n) is 3.06. The Balaban J connectivity index is 2.41. The fourth-order valence-corrected chi connectivity index (χ4v) is 2.57. The van der Waals surface area contributed by atoms with Crippen molar-refractivity contribution < 1.29 is 8.42 Å². The van der Waals surface area contributed by atoms with Gasteiger partial charge in [0.05, 0.1) is 5.75 Å². The molecule has 3 nitrogen and oxygen atoms in total. The molecule has 0 aromatic carbocycles. The van der Waals surface area contributed by atoms with Crippen LogP contribution in [0.1, 0.15) is 13.3 Å². The van der Waals surface area contributed by atoms with E-state index in [1.165, 1.54) is 0 Å². The lowest BCUT2D eigenvalue weighted by Gasteiger charge is -2.06. The summed E-state index contributed by atoms with van der Waals surface area (Å²) in [7, 11) is -2.74. The normalized spacial score (nSPS) is 25.7. The molecule has 66 valence electrons. The molecule has 1 aliphatic rings. The van der Waals surface area contributed by atoms with Crippen LogP contribution in [0.4, 0.5) is 0 Å². The van der Waals surface area contributed by atoms with Crippen molar-refractivity contribution in [2.45, 2.75) is 13.3 Å². The molecule has 0 aromatic rings. The topological polar surface area (TPSA) is 46.2 Å². The van der Waals surface area contributed by atoms with Gasteiger partial charge in [0, 0.05) is 5.75 Å². The van der Waals surface area contributed by atoms with Gasteiger partial charge in [-0.2, -0.15) is 0 Å². The highest BCUT2D eigenvalue weighted by atomic mass is 32.2. The summed E-state index contributed by atoms with van der Waals surface area (Å²) in [6.07, 6.45) is 1.01. The Morgan fingerprint density at radius 2 is 2.27 bits per heavy atom. The second-order valence-corrected chi connectivity index (χ2v) is 5.46. The zero-order valence-corrected chi connectivity index (χ0v) is 7.65. The Morgan fingerprint density at radius 1 is 1.55 bits per heavy atom. The van der Waals surface area contributed by atoms with E-state index in [2.05, 4.69) is 5.32 Å². The molecule has 0 bridgehead atoms. The summed E-state index contributed by atoms with van der Waals surface area (Å²) in [6.45, 7) is 3.56. The fourth-order valence-electron chi connectivity index (χ4n) is 1.33. The SMILES string of the molecule is CCS(=O)(=O)CC1CCNC1. The molecular formula is C7H15NO2S. The molecule has 0 saturated carbocycles. The third kappa shape index (κ3) is 2.79. The minimum Gasteiger partial charge on any atom is -0.316 e. The van der Waals surface area contributed by atoms with Gasteiger partial charge >= 0.3 is 0 Å². The van der Waals surface area contributed by atoms with Gasteiger partial charge in [-0.25, -0.2) is 8.42 Å². The maximum atomic E-state index is 11.1. The maximum Gasteiger partial charge on any atom is 0.150 e. The molecule has 1 unspecified atom stereocenters. The van der Waals surface area contributed by atoms with E-state index in [9.17, 15) is 8.42 Å². The van der Waals surface area contributed by atoms with Gasteiger partial charge in [-0.05, 0) is 25.4 Å². The number of hydrogen-bond acceptors (Lipinski definition) is 3. The first-order valence-electron chi connectivity index (χ1n) is 4.05. The van der Waals surface area contributed by atoms with Crippen LogP contribution < -0.4 is 5.32 Å². The van der Waals surface area contributed by atoms with Crippen molar-refractivity contribution in [2.75, 3.05) is 24.6 Å². The Hall–Kier alpha value is -0.0900. The number of nitrogens with one attached hydrogen (secondary N) is 1. The van der Waals surface area contributed by atoms with E-state index in [0.29, 0.717) is 11.7 Å². The van der Waals surface area contributed by atoms with E-state index in [1.807, 2.05) is 0 Å². The minimum atomic E-state index is -2.74. The number of sulfone groups is 1. The highest BCUT2D eigenvalue weighted by molar-refractivity contribution is 7.91. The molecule has 4 heteroatoms. The van der Waals surface area contributed by atoms with Crippen molar-refractivity contribution in [3.05, 3.63) is 0 Å². The molecule has 1 saturated heterocycles. The molecule has 0 amide bonds. The van der Waals surface area contributed by atoms with Crippen LogP contribution in [-0.2, 0) is 9.84 Å². The smallest absolute Gasteiger partial charge is 0.150 e. The summed E-state index contributed by atoms with van der Waals surface area (Å²) >= 11 is 0. The van der Waals surface area contributed by atoms with E-state index >= 15 is 0 Å². The van der Waals surface area contributed by atoms with E-state index < -0.39 is 9.84 Å². The van der Waals surface area contributed by atoms with Crippen molar-refractivity contribution in [3.8, 4) is 0 Å². The van der Waals surface area contributed by atoms with Gasteiger partial charge in [-0.1, -0.05) is 6.92 Å². The van der Waals surface area contributed by atoms with Crippen LogP contribution in [0.3, 0.4) is 0 Å². The number of hydrogen-bond donors (Lipinski definition) is 1. The van der Waals surface area contributed by atoms with Crippen LogP contribution >= 0.6 is 0 Å². The molecule has 1 N–H and O–H groups in total. The zero-order chi connectivity index (χ0) is 8.32. The summed E-state index contributed by atoms with van der Waals surface area (Å²) in [4.78, 5) is 0. The maximum absolute atomic E-state index is 11.1. The van der Waals surface area contributed by atoms with Crippen molar-refractivity contribution in [1.29, 1.82) is 0 Å². The molecule has 1 atom stereocenters. The van der Waals surface area contributed by atoms with Gasteiger partial charge in [0.1, 0.15) is 9.84 Å². The lowest BCUT2D eigenvalue weighted by Crippen LogP contribution is -2.19. The predicted octanol–water partition coefficient (Wildman–Crippen LogP) is 0.0306. The first-order valence-corrected chi connectivity index (χ1v) is 5.87. The quantitative estimate of drug-likeness (QED) is 0.661. The van der Waals surface area contributed by atoms with E-state index in [4.69, 9.17) is 0 Å². The largest absolute Gasteiger partial charge is 0.316 e. The van der Waals surface area contributed by atoms with Crippen LogP contribution in [-0.4, -0.2) is 33.0 Å². The van der Waals surface area contributed by atoms with Crippen molar-refractivity contribution in [1.82, 2.24) is 5.32 Å². The summed E-state index contributed by atoms with van der Waals surface area (Å²) < 4.78 is 22.3. The van der Waals surface area contributed by atoms with Crippen molar-refractivity contribution >= 4 is 9.84 Å². The van der Waals surface area contributed by atoms with Gasteiger partial charge in [0.25, 0.3) is 0 Å². The average Bonchev–Trinajstić information content (AvgIpc) is 2.39. The summed E-state index contributed by atoms with van der Waals surface area (Å²) in [5, 5.41) is 3.15. The lowest BCUT2D eigenvalue weighted by atomic mass is 10.2. The molecule has 1 fully saturated rings. The van der Waals surface area contributed by atoms with E-state index in [0.717, 1.165) is 19.5 Å². The molecule has 1 heterocycles. The molecule has 1 aliphatic heterocycles. The molecule has 0 aromatic heterocycles. The second kappa shape index (κ2) is 3.54. The van der Waals surface area contributed by atoms with Gasteiger partial charge < -0.3 is 5.32 Å². The lowest BCUT2D eigenvalue weighted by molar-refractivity contribution is 0.571. The molecule has 0 aliphatic carbocycles. The van der Waals surface area contributed by atoms with Crippen LogP contribution in [0.2, 0.25) is 0 Å². The number of rotatable bonds is 3. The minimum absolute atomic E-state index is 0.281. The molecular weight excluding hydrogens is 162 g/mol. The van der Waals surface area contributed by atoms with Gasteiger partial charge in [-0.15, -0.1) is 0 Å². The Bertz CT molecular complexity index is 204. The molecule has 11 heavy (non-hydrogen) atoms. The summed E-state index contributed by atoms with van der Waals surface area (Å²) in [5.74, 6) is 1.01. The first kappa shape index (κ1) is 9.00. The standard InChI is InChI=1S/C7H15NO2S/c1-2-11(9,10)6-7-3-4-8-5-7/h7-8H,2-6H2,1H3. The van der Waals surface area contributed by atoms with Crippen LogP contribution in [0, 0.1) is 5.92 Å². The van der Waals surface area contributed by atoms with Crippen LogP contribution in [0.15, 0.2) is 0 Å². The molecule has 0 spiro atoms. The summed E-state index contributed by atoms with van der Waals surface area (Å²) in [6, 6.07) is 0. The Kier molecular flexibility index (Phi) is 2.90. The third-order valence-corrected chi connectivity index (χ3v) is 3.95. The first-order chi connectivity index (χ1) is 5.14. The molecule has 0 radical (unpaired) electrons. The van der Waals surface area contributed by atoms with Gasteiger partial charge in [0.2, 0.25) is 0 Å². The monoisotopic (exact) mass is 177 g/mol. The van der Waals surface area contributed by atoms with Crippen molar-refractivity contribution in [2.24, 2.45) is 5.92 Å². The molecule has 1 rings (SSSR count). The van der Waals surface area contributed by atoms with Crippen molar-refractivity contribution in [3.63, 3.8) is 0 Å². The van der Waals surface area contributed by atoms with Crippen LogP contribution in [0.25, 0.3) is 0 Å². The average molecular weight is 177 g/mol. The highest BCUT2D eigenvalue weighted by Crippen LogP contribution is 2.10. The Labute approximate surface area is 68.1 Å². The predicted molar refractivity (Wildman–Crippen MR) is 45.3 cm³/mol. The Morgan fingerprint density at radius 3 is 2.73 bits per heavy atom. The third-order valence-electron chi connectivity index (χ3n) is 2.09. The van der Waals surface area contributed by atoms with E-state index in [-0.39, 0.29) is 5.75 Å². The zero-order valence-electron chi connectivity index (χ0n) is 6.84. The van der Waals surface area contributed by atoms with Gasteiger partial charge in [0.15, 0.2) is 0 Å². The highest BCUT2D eigenvalue weighted by Gasteiger charge is 2.20. The van der Waals surface area contributed by atoms with E-state index in [1.54, 1.807) is 6.92 Å². The van der Waals surface area contributed by atoms with Crippen LogP contribution in [0.5, 0.6) is 0 Å². The van der Waals surface area contributed by atoms with Gasteiger partial charge in [-0.3, -0.25) is 0 Å². The fraction of sp³-hybridized carbons (Fsp3) is 1.00.